The number of benzene rings is 2. The summed E-state index contributed by atoms with van der Waals surface area (Å²) in [6.45, 7) is 4.89. The Morgan fingerprint density at radius 1 is 1.23 bits per heavy atom. The summed E-state index contributed by atoms with van der Waals surface area (Å²) in [6, 6.07) is 12.3. The zero-order valence-corrected chi connectivity index (χ0v) is 17.1. The first-order valence-electron chi connectivity index (χ1n) is 10.2. The van der Waals surface area contributed by atoms with Crippen molar-refractivity contribution < 1.29 is 18.4 Å². The molecule has 2 heterocycles. The molecule has 0 N–H and O–H groups in total. The van der Waals surface area contributed by atoms with Crippen molar-refractivity contribution >= 4 is 11.6 Å². The average molecular weight is 409 g/mol. The van der Waals surface area contributed by atoms with Gasteiger partial charge in [-0.2, -0.15) is 4.98 Å². The molecule has 2 aromatic carbocycles. The van der Waals surface area contributed by atoms with Gasteiger partial charge in [-0.05, 0) is 55.3 Å². The first-order valence-corrected chi connectivity index (χ1v) is 10.2. The monoisotopic (exact) mass is 409 g/mol. The van der Waals surface area contributed by atoms with E-state index in [-0.39, 0.29) is 24.1 Å². The third kappa shape index (κ3) is 4.20. The van der Waals surface area contributed by atoms with Gasteiger partial charge in [-0.15, -0.1) is 0 Å². The molecule has 1 unspecified atom stereocenters. The van der Waals surface area contributed by atoms with Gasteiger partial charge in [0.25, 0.3) is 0 Å². The number of nitrogens with zero attached hydrogens (tertiary/aromatic N) is 3. The Bertz CT molecular complexity index is 1030. The molecule has 30 heavy (non-hydrogen) atoms. The van der Waals surface area contributed by atoms with Crippen molar-refractivity contribution in [3.8, 4) is 17.1 Å². The van der Waals surface area contributed by atoms with E-state index in [1.807, 2.05) is 24.3 Å². The molecule has 7 heteroatoms. The Kier molecular flexibility index (Phi) is 5.79. The molecule has 3 aromatic rings. The molecule has 4 rings (SSSR count). The van der Waals surface area contributed by atoms with Crippen LogP contribution in [0.4, 0.5) is 10.1 Å². The van der Waals surface area contributed by atoms with Crippen LogP contribution in [-0.4, -0.2) is 29.2 Å². The second-order valence-corrected chi connectivity index (χ2v) is 7.52. The summed E-state index contributed by atoms with van der Waals surface area (Å²) in [7, 11) is 0. The third-order valence-corrected chi connectivity index (χ3v) is 5.26. The normalized spacial score (nSPS) is 16.3. The van der Waals surface area contributed by atoms with E-state index < -0.39 is 0 Å². The third-order valence-electron chi connectivity index (χ3n) is 5.26. The Morgan fingerprint density at radius 2 is 2.03 bits per heavy atom. The highest BCUT2D eigenvalue weighted by Crippen LogP contribution is 2.32. The molecule has 0 spiro atoms. The number of rotatable bonds is 7. The number of carbonyl (C=O) groups excluding carboxylic acids is 1. The molecule has 156 valence electrons. The van der Waals surface area contributed by atoms with E-state index in [9.17, 15) is 9.18 Å². The molecule has 0 saturated carbocycles. The zero-order chi connectivity index (χ0) is 21.1. The van der Waals surface area contributed by atoms with E-state index in [1.54, 1.807) is 24.0 Å². The molecule has 0 radical (unpaired) electrons. The molecule has 0 aliphatic carbocycles. The number of amides is 1. The van der Waals surface area contributed by atoms with E-state index in [0.717, 1.165) is 24.2 Å². The Hall–Kier alpha value is -3.22. The molecule has 1 aliphatic rings. The summed E-state index contributed by atoms with van der Waals surface area (Å²) in [4.78, 5) is 18.5. The van der Waals surface area contributed by atoms with Gasteiger partial charge in [0.05, 0.1) is 12.5 Å². The quantitative estimate of drug-likeness (QED) is 0.520. The second kappa shape index (κ2) is 8.65. The van der Waals surface area contributed by atoms with Gasteiger partial charge in [0.2, 0.25) is 17.6 Å². The van der Waals surface area contributed by atoms with E-state index >= 15 is 0 Å². The van der Waals surface area contributed by atoms with Crippen LogP contribution in [0.25, 0.3) is 11.4 Å². The maximum Gasteiger partial charge on any atom is 0.232 e. The fraction of sp³-hybridized carbons (Fsp3) is 0.348. The van der Waals surface area contributed by atoms with Crippen LogP contribution in [0.3, 0.4) is 0 Å². The van der Waals surface area contributed by atoms with Gasteiger partial charge in [-0.25, -0.2) is 4.39 Å². The number of halogens is 1. The minimum Gasteiger partial charge on any atom is -0.494 e. The SMILES string of the molecule is CCCCOc1ccc(-c2noc(C3CC(=O)N(c4ccc(C)c(F)c4)C3)n2)cc1. The Morgan fingerprint density at radius 3 is 2.77 bits per heavy atom. The van der Waals surface area contributed by atoms with Crippen LogP contribution in [0.1, 0.15) is 43.6 Å². The fourth-order valence-electron chi connectivity index (χ4n) is 3.43. The van der Waals surface area contributed by atoms with E-state index in [1.165, 1.54) is 6.07 Å². The Balaban J connectivity index is 1.45. The van der Waals surface area contributed by atoms with Crippen molar-refractivity contribution in [1.82, 2.24) is 10.1 Å². The lowest BCUT2D eigenvalue weighted by Crippen LogP contribution is -2.24. The number of unbranched alkanes of at least 4 members (excludes halogenated alkanes) is 1. The summed E-state index contributed by atoms with van der Waals surface area (Å²) >= 11 is 0. The summed E-state index contributed by atoms with van der Waals surface area (Å²) < 4.78 is 25.0. The van der Waals surface area contributed by atoms with Crippen molar-refractivity contribution in [2.45, 2.75) is 39.0 Å². The molecule has 0 bridgehead atoms. The summed E-state index contributed by atoms with van der Waals surface area (Å²) in [5.74, 6) is 1.05. The van der Waals surface area contributed by atoms with Gasteiger partial charge < -0.3 is 14.2 Å². The lowest BCUT2D eigenvalue weighted by Gasteiger charge is -2.16. The first kappa shape index (κ1) is 20.1. The largest absolute Gasteiger partial charge is 0.494 e. The smallest absolute Gasteiger partial charge is 0.232 e. The molecule has 1 aliphatic heterocycles. The minimum atomic E-state index is -0.328. The first-order chi connectivity index (χ1) is 14.5. The number of aryl methyl sites for hydroxylation is 1. The summed E-state index contributed by atoms with van der Waals surface area (Å²) in [5.41, 5.74) is 1.91. The molecular formula is C23H24FN3O3. The number of carbonyl (C=O) groups is 1. The number of aromatic nitrogens is 2. The van der Waals surface area contributed by atoms with Gasteiger partial charge >= 0.3 is 0 Å². The summed E-state index contributed by atoms with van der Waals surface area (Å²) in [5, 5.41) is 4.07. The number of hydrogen-bond acceptors (Lipinski definition) is 5. The van der Waals surface area contributed by atoms with Crippen LogP contribution in [-0.2, 0) is 4.79 Å². The zero-order valence-electron chi connectivity index (χ0n) is 17.1. The van der Waals surface area contributed by atoms with Gasteiger partial charge in [0.15, 0.2) is 0 Å². The van der Waals surface area contributed by atoms with Crippen LogP contribution in [0.2, 0.25) is 0 Å². The van der Waals surface area contributed by atoms with Gasteiger partial charge in [-0.1, -0.05) is 24.6 Å². The van der Waals surface area contributed by atoms with Crippen LogP contribution >= 0.6 is 0 Å². The predicted octanol–water partition coefficient (Wildman–Crippen LogP) is 4.88. The maximum absolute atomic E-state index is 13.9. The fourth-order valence-corrected chi connectivity index (χ4v) is 3.43. The van der Waals surface area contributed by atoms with E-state index in [0.29, 0.717) is 36.1 Å². The standard InChI is InChI=1S/C23H24FN3O3/c1-3-4-11-29-19-9-6-16(7-10-19)22-25-23(30-26-22)17-12-21(28)27(14-17)18-8-5-15(2)20(24)13-18/h5-10,13,17H,3-4,11-12,14H2,1-2H3. The molecule has 1 saturated heterocycles. The highest BCUT2D eigenvalue weighted by atomic mass is 19.1. The molecule has 1 fully saturated rings. The predicted molar refractivity (Wildman–Crippen MR) is 111 cm³/mol. The molecular weight excluding hydrogens is 385 g/mol. The van der Waals surface area contributed by atoms with Gasteiger partial charge in [-0.3, -0.25) is 4.79 Å². The highest BCUT2D eigenvalue weighted by Gasteiger charge is 2.35. The van der Waals surface area contributed by atoms with Crippen molar-refractivity contribution in [1.29, 1.82) is 0 Å². The van der Waals surface area contributed by atoms with E-state index in [2.05, 4.69) is 17.1 Å². The Labute approximate surface area is 174 Å². The van der Waals surface area contributed by atoms with Gasteiger partial charge in [0, 0.05) is 24.2 Å². The topological polar surface area (TPSA) is 68.5 Å². The summed E-state index contributed by atoms with van der Waals surface area (Å²) in [6.07, 6.45) is 2.35. The van der Waals surface area contributed by atoms with Crippen molar-refractivity contribution in [3.63, 3.8) is 0 Å². The lowest BCUT2D eigenvalue weighted by molar-refractivity contribution is -0.117. The van der Waals surface area contributed by atoms with Crippen LogP contribution in [0, 0.1) is 12.7 Å². The minimum absolute atomic E-state index is 0.0865. The highest BCUT2D eigenvalue weighted by molar-refractivity contribution is 5.96. The van der Waals surface area contributed by atoms with E-state index in [4.69, 9.17) is 9.26 Å². The number of hydrogen-bond donors (Lipinski definition) is 0. The number of ether oxygens (including phenoxy) is 1. The van der Waals surface area contributed by atoms with Gasteiger partial charge in [0.1, 0.15) is 11.6 Å². The second-order valence-electron chi connectivity index (χ2n) is 7.52. The van der Waals surface area contributed by atoms with Crippen LogP contribution < -0.4 is 9.64 Å². The van der Waals surface area contributed by atoms with Crippen molar-refractivity contribution in [3.05, 3.63) is 59.7 Å². The van der Waals surface area contributed by atoms with Crippen molar-refractivity contribution in [2.24, 2.45) is 0 Å². The van der Waals surface area contributed by atoms with Crippen LogP contribution in [0.15, 0.2) is 47.0 Å². The van der Waals surface area contributed by atoms with Crippen molar-refractivity contribution in [2.75, 3.05) is 18.1 Å². The van der Waals surface area contributed by atoms with Crippen LogP contribution in [0.5, 0.6) is 5.75 Å². The molecule has 6 nitrogen and oxygen atoms in total. The molecule has 1 aromatic heterocycles. The maximum atomic E-state index is 13.9. The average Bonchev–Trinajstić information content (AvgIpc) is 3.38. The number of anilines is 1. The lowest BCUT2D eigenvalue weighted by atomic mass is 10.1. The molecule has 1 atom stereocenters. The molecule has 1 amide bonds.